The van der Waals surface area contributed by atoms with Crippen LogP contribution in [0.3, 0.4) is 0 Å². The monoisotopic (exact) mass is 889 g/mol. The van der Waals surface area contributed by atoms with Crippen molar-refractivity contribution in [3.63, 3.8) is 0 Å². The van der Waals surface area contributed by atoms with Crippen LogP contribution in [0.4, 0.5) is 0 Å². The van der Waals surface area contributed by atoms with Crippen molar-refractivity contribution in [1.82, 2.24) is 30.5 Å². The molecule has 328 valence electrons. The van der Waals surface area contributed by atoms with Crippen LogP contribution in [0.2, 0.25) is 0 Å². The predicted molar refractivity (Wildman–Crippen MR) is 228 cm³/mol. The van der Waals surface area contributed by atoms with Crippen molar-refractivity contribution in [3.8, 4) is 11.8 Å². The first-order valence-electron chi connectivity index (χ1n) is 19.4. The SMILES string of the molecule is CSCCC(C(=O)N1CCC[C@H]1C(N)=O)N(C)C(=O)C(CC(C)C)NC(=O)C(C)NC(=O)C(CC(=O)O)NC(=O)CCNS(=O)(=O)c1ccc(C#Cc2ccc(C)cc2)s1. The molecule has 17 nitrogen and oxygen atoms in total. The number of hydrogen-bond donors (Lipinski definition) is 6. The van der Waals surface area contributed by atoms with Crippen LogP contribution in [0, 0.1) is 24.7 Å². The molecule has 1 saturated heterocycles. The van der Waals surface area contributed by atoms with E-state index >= 15 is 0 Å². The Bertz CT molecular complexity index is 2050. The van der Waals surface area contributed by atoms with E-state index in [2.05, 4.69) is 32.5 Å². The Balaban J connectivity index is 1.62. The summed E-state index contributed by atoms with van der Waals surface area (Å²) in [6.45, 7) is 6.88. The van der Waals surface area contributed by atoms with Gasteiger partial charge in [0, 0.05) is 32.1 Å². The number of hydrogen-bond acceptors (Lipinski definition) is 11. The molecule has 1 aliphatic rings. The molecule has 1 aromatic carbocycles. The van der Waals surface area contributed by atoms with Gasteiger partial charge in [-0.05, 0) is 81.7 Å². The predicted octanol–water partition coefficient (Wildman–Crippen LogP) is 1.18. The standard InChI is InChI=1S/C40H55N7O10S3/c1-24(2)22-30(39(54)46(5)32(18-21-58-6)40(55)47-20-7-8-31(47)36(41)51)45-37(52)26(4)43-38(53)29(23-34(49)50)44-33(48)17-19-42-60(56,57)35-16-15-28(59-35)14-13-27-11-9-25(3)10-12-27/h9-12,15-16,24,26,29-32,42H,7-8,17-23H2,1-6H3,(H2,41,51)(H,43,53)(H,44,48)(H,45,52)(H,49,50)/t26?,29?,30?,31-,32?/m0/s1. The fourth-order valence-corrected chi connectivity index (χ4v) is 9.02. The largest absolute Gasteiger partial charge is 0.481 e. The summed E-state index contributed by atoms with van der Waals surface area (Å²) in [5, 5.41) is 16.8. The highest BCUT2D eigenvalue weighted by atomic mass is 32.2. The molecule has 0 spiro atoms. The molecule has 2 heterocycles. The van der Waals surface area contributed by atoms with Crippen molar-refractivity contribution >= 4 is 74.5 Å². The molecule has 1 fully saturated rings. The maximum Gasteiger partial charge on any atom is 0.305 e. The van der Waals surface area contributed by atoms with Gasteiger partial charge in [-0.3, -0.25) is 33.6 Å². The number of thiophene rings is 1. The highest BCUT2D eigenvalue weighted by molar-refractivity contribution is 7.98. The van der Waals surface area contributed by atoms with Gasteiger partial charge in [-0.2, -0.15) is 11.8 Å². The van der Waals surface area contributed by atoms with Gasteiger partial charge >= 0.3 is 5.97 Å². The number of likely N-dealkylation sites (N-methyl/N-ethyl adjacent to an activating group) is 1. The van der Waals surface area contributed by atoms with Crippen LogP contribution in [0.15, 0.2) is 40.6 Å². The summed E-state index contributed by atoms with van der Waals surface area (Å²) in [4.78, 5) is 94.0. The zero-order chi connectivity index (χ0) is 44.7. The second-order valence-electron chi connectivity index (χ2n) is 14.9. The third kappa shape index (κ3) is 14.9. The summed E-state index contributed by atoms with van der Waals surface area (Å²) in [6.07, 6.45) is 2.02. The molecule has 7 N–H and O–H groups in total. The highest BCUT2D eigenvalue weighted by Gasteiger charge is 2.40. The van der Waals surface area contributed by atoms with Gasteiger partial charge in [0.2, 0.25) is 45.5 Å². The number of thioether (sulfide) groups is 1. The first-order valence-corrected chi connectivity index (χ1v) is 23.1. The quantitative estimate of drug-likeness (QED) is 0.0971. The number of carboxylic acid groups (broad SMARTS) is 1. The van der Waals surface area contributed by atoms with E-state index in [1.165, 1.54) is 41.6 Å². The number of nitrogens with zero attached hydrogens (tertiary/aromatic N) is 2. The van der Waals surface area contributed by atoms with Gasteiger partial charge in [0.1, 0.15) is 34.4 Å². The van der Waals surface area contributed by atoms with Gasteiger partial charge < -0.3 is 36.6 Å². The summed E-state index contributed by atoms with van der Waals surface area (Å²) in [7, 11) is -2.57. The second kappa shape index (κ2) is 23.1. The van der Waals surface area contributed by atoms with Gasteiger partial charge in [0.25, 0.3) is 0 Å². The summed E-state index contributed by atoms with van der Waals surface area (Å²) in [5.74, 6) is 0.658. The minimum atomic E-state index is -4.03. The number of benzene rings is 1. The number of carbonyl (C=O) groups excluding carboxylic acids is 6. The third-order valence-electron chi connectivity index (χ3n) is 9.54. The normalized spacial score (nSPS) is 15.8. The molecule has 1 aliphatic heterocycles. The van der Waals surface area contributed by atoms with Gasteiger partial charge in [0.15, 0.2) is 0 Å². The lowest BCUT2D eigenvalue weighted by Gasteiger charge is -2.35. The van der Waals surface area contributed by atoms with Crippen LogP contribution >= 0.6 is 23.1 Å². The maximum absolute atomic E-state index is 14.0. The fraction of sp³-hybridized carbons (Fsp3) is 0.525. The summed E-state index contributed by atoms with van der Waals surface area (Å²) >= 11 is 2.42. The Kier molecular flexibility index (Phi) is 19.1. The molecule has 20 heteroatoms. The minimum absolute atomic E-state index is 0.0280. The van der Waals surface area contributed by atoms with E-state index in [0.29, 0.717) is 30.0 Å². The van der Waals surface area contributed by atoms with Crippen LogP contribution < -0.4 is 26.4 Å². The van der Waals surface area contributed by atoms with Crippen LogP contribution in [-0.2, 0) is 43.6 Å². The number of nitrogens with two attached hydrogens (primary N) is 1. The average molecular weight is 890 g/mol. The van der Waals surface area contributed by atoms with Gasteiger partial charge in [-0.1, -0.05) is 43.4 Å². The number of carbonyl (C=O) groups is 7. The van der Waals surface area contributed by atoms with Crippen molar-refractivity contribution in [2.75, 3.05) is 32.1 Å². The molecule has 4 unspecified atom stereocenters. The first kappa shape index (κ1) is 49.4. The third-order valence-corrected chi connectivity index (χ3v) is 13.1. The lowest BCUT2D eigenvalue weighted by atomic mass is 10.0. The van der Waals surface area contributed by atoms with Crippen LogP contribution in [0.1, 0.15) is 75.3 Å². The molecular weight excluding hydrogens is 835 g/mol. The van der Waals surface area contributed by atoms with E-state index in [1.807, 2.05) is 51.3 Å². The van der Waals surface area contributed by atoms with E-state index in [1.54, 1.807) is 6.07 Å². The van der Waals surface area contributed by atoms with E-state index in [-0.39, 0.29) is 29.5 Å². The molecule has 3 rings (SSSR count). The number of aryl methyl sites for hydroxylation is 1. The molecule has 0 saturated carbocycles. The topological polar surface area (TPSA) is 254 Å². The Morgan fingerprint density at radius 2 is 1.67 bits per heavy atom. The number of sulfonamides is 1. The average Bonchev–Trinajstić information content (AvgIpc) is 3.88. The van der Waals surface area contributed by atoms with Gasteiger partial charge in [0.05, 0.1) is 11.3 Å². The number of aliphatic carboxylic acids is 1. The first-order chi connectivity index (χ1) is 28.2. The summed E-state index contributed by atoms with van der Waals surface area (Å²) < 4.78 is 28.1. The smallest absolute Gasteiger partial charge is 0.305 e. The molecule has 0 bridgehead atoms. The lowest BCUT2D eigenvalue weighted by molar-refractivity contribution is -0.148. The van der Waals surface area contributed by atoms with E-state index in [9.17, 15) is 47.1 Å². The maximum atomic E-state index is 14.0. The van der Waals surface area contributed by atoms with Crippen molar-refractivity contribution in [2.24, 2.45) is 11.7 Å². The Labute approximate surface area is 359 Å². The Morgan fingerprint density at radius 3 is 2.28 bits per heavy atom. The van der Waals surface area contributed by atoms with Crippen molar-refractivity contribution in [2.45, 2.75) is 101 Å². The molecule has 5 atom stereocenters. The Hall–Kier alpha value is -4.97. The minimum Gasteiger partial charge on any atom is -0.481 e. The number of carboxylic acids is 1. The number of amides is 6. The molecule has 0 radical (unpaired) electrons. The molecule has 60 heavy (non-hydrogen) atoms. The second-order valence-corrected chi connectivity index (χ2v) is 18.9. The van der Waals surface area contributed by atoms with Crippen molar-refractivity contribution in [1.29, 1.82) is 0 Å². The van der Waals surface area contributed by atoms with Crippen LogP contribution in [0.5, 0.6) is 0 Å². The number of rotatable bonds is 21. The molecule has 2 aromatic rings. The highest BCUT2D eigenvalue weighted by Crippen LogP contribution is 2.23. The molecule has 6 amide bonds. The fourth-order valence-electron chi connectivity index (χ4n) is 6.32. The van der Waals surface area contributed by atoms with Crippen LogP contribution in [-0.4, -0.2) is 127 Å². The van der Waals surface area contributed by atoms with E-state index in [4.69, 9.17) is 5.73 Å². The zero-order valence-electron chi connectivity index (χ0n) is 34.6. The number of primary amides is 1. The molecular formula is C40H55N7O10S3. The van der Waals surface area contributed by atoms with Crippen LogP contribution in [0.25, 0.3) is 0 Å². The zero-order valence-corrected chi connectivity index (χ0v) is 37.1. The number of nitrogens with one attached hydrogen (secondary N) is 4. The summed E-state index contributed by atoms with van der Waals surface area (Å²) in [5.41, 5.74) is 7.40. The number of likely N-dealkylation sites (tertiary alicyclic amines) is 1. The lowest BCUT2D eigenvalue weighted by Crippen LogP contribution is -2.59. The van der Waals surface area contributed by atoms with E-state index < -0.39 is 94.5 Å². The van der Waals surface area contributed by atoms with E-state index in [0.717, 1.165) is 22.5 Å². The molecule has 0 aliphatic carbocycles. The van der Waals surface area contributed by atoms with Crippen molar-refractivity contribution < 1.29 is 47.1 Å². The van der Waals surface area contributed by atoms with Gasteiger partial charge in [-0.25, -0.2) is 13.1 Å². The van der Waals surface area contributed by atoms with Gasteiger partial charge in [-0.15, -0.1) is 11.3 Å². The molecule has 1 aromatic heterocycles. The summed E-state index contributed by atoms with van der Waals surface area (Å²) in [6, 6.07) is 4.70. The Morgan fingerprint density at radius 1 is 0.983 bits per heavy atom. The van der Waals surface area contributed by atoms with Crippen molar-refractivity contribution in [3.05, 3.63) is 52.4 Å².